The summed E-state index contributed by atoms with van der Waals surface area (Å²) in [5.74, 6) is -0.0317. The predicted octanol–water partition coefficient (Wildman–Crippen LogP) is 4.18. The van der Waals surface area contributed by atoms with Crippen molar-refractivity contribution in [3.8, 4) is 5.75 Å². The van der Waals surface area contributed by atoms with Crippen LogP contribution in [0.4, 0.5) is 0 Å². The van der Waals surface area contributed by atoms with E-state index in [1.165, 1.54) is 0 Å². The molecular weight excluding hydrogens is 467 g/mol. The van der Waals surface area contributed by atoms with Crippen LogP contribution in [0.2, 0.25) is 0 Å². The summed E-state index contributed by atoms with van der Waals surface area (Å²) in [4.78, 5) is 12.4. The summed E-state index contributed by atoms with van der Waals surface area (Å²) < 4.78 is 3.80. The zero-order valence-corrected chi connectivity index (χ0v) is 18.7. The van der Waals surface area contributed by atoms with Crippen LogP contribution in [0.5, 0.6) is 5.75 Å². The first-order chi connectivity index (χ1) is 14.3. The summed E-state index contributed by atoms with van der Waals surface area (Å²) >= 11 is 23.0. The van der Waals surface area contributed by atoms with Crippen LogP contribution in [0, 0.1) is 0 Å². The number of alkyl halides is 3. The summed E-state index contributed by atoms with van der Waals surface area (Å²) in [7, 11) is 0. The van der Waals surface area contributed by atoms with E-state index in [2.05, 4.69) is 27.7 Å². The zero-order valence-electron chi connectivity index (χ0n) is 15.6. The molecule has 0 fully saturated rings. The maximum Gasteiger partial charge on any atom is 0.254 e. The summed E-state index contributed by atoms with van der Waals surface area (Å²) in [6.07, 6.45) is 2.06. The van der Waals surface area contributed by atoms with Gasteiger partial charge in [0.2, 0.25) is 10.0 Å². The molecule has 0 aliphatic rings. The largest absolute Gasteiger partial charge is 0.466 e. The molecule has 30 heavy (non-hydrogen) atoms. The van der Waals surface area contributed by atoms with Crippen LogP contribution in [-0.4, -0.2) is 33.8 Å². The number of halogens is 3. The van der Waals surface area contributed by atoms with Gasteiger partial charge < -0.3 is 15.4 Å². The van der Waals surface area contributed by atoms with Crippen LogP contribution in [0.3, 0.4) is 0 Å². The highest BCUT2D eigenvalue weighted by Crippen LogP contribution is 2.32. The van der Waals surface area contributed by atoms with E-state index in [4.69, 9.17) is 51.8 Å². The van der Waals surface area contributed by atoms with Gasteiger partial charge in [-0.05, 0) is 54.2 Å². The Morgan fingerprint density at radius 2 is 1.83 bits per heavy atom. The van der Waals surface area contributed by atoms with Gasteiger partial charge in [-0.1, -0.05) is 59.1 Å². The van der Waals surface area contributed by atoms with Gasteiger partial charge in [0.05, 0.1) is 6.21 Å². The molecule has 0 aliphatic heterocycles. The van der Waals surface area contributed by atoms with Crippen molar-refractivity contribution in [2.45, 2.75) is 10.0 Å². The van der Waals surface area contributed by atoms with E-state index in [9.17, 15) is 4.79 Å². The van der Waals surface area contributed by atoms with Crippen molar-refractivity contribution < 1.29 is 9.53 Å². The Morgan fingerprint density at radius 1 is 1.17 bits per heavy atom. The Bertz CT molecular complexity index is 887. The maximum atomic E-state index is 12.4. The first kappa shape index (κ1) is 24.0. The van der Waals surface area contributed by atoms with Crippen LogP contribution in [-0.2, 0) is 0 Å². The monoisotopic (exact) mass is 484 g/mol. The fourth-order valence-corrected chi connectivity index (χ4v) is 2.54. The minimum atomic E-state index is -1.89. The van der Waals surface area contributed by atoms with Crippen molar-refractivity contribution in [1.29, 1.82) is 0 Å². The number of nitrogens with one attached hydrogen (secondary N) is 3. The maximum absolute atomic E-state index is 12.4. The van der Waals surface area contributed by atoms with Gasteiger partial charge in [-0.15, -0.1) is 6.58 Å². The van der Waals surface area contributed by atoms with Crippen LogP contribution in [0.25, 0.3) is 0 Å². The highest BCUT2D eigenvalue weighted by molar-refractivity contribution is 7.80. The van der Waals surface area contributed by atoms with Gasteiger partial charge >= 0.3 is 0 Å². The average Bonchev–Trinajstić information content (AvgIpc) is 2.73. The second kappa shape index (κ2) is 11.8. The molecule has 0 saturated heterocycles. The number of rotatable bonds is 8. The molecule has 158 valence electrons. The van der Waals surface area contributed by atoms with Gasteiger partial charge in [0.1, 0.15) is 5.75 Å². The summed E-state index contributed by atoms with van der Waals surface area (Å²) in [6, 6.07) is 15.4. The first-order valence-electron chi connectivity index (χ1n) is 8.66. The SMILES string of the molecule is C=CCNC(=S)NN=Cc1ccc(OC(NC(=O)c2ccccc2)C(Cl)(Cl)Cl)cc1. The Balaban J connectivity index is 1.99. The lowest BCUT2D eigenvalue weighted by molar-refractivity contribution is 0.0833. The number of benzene rings is 2. The van der Waals surface area contributed by atoms with Crippen LogP contribution < -0.4 is 20.8 Å². The number of hydrogen-bond donors (Lipinski definition) is 3. The van der Waals surface area contributed by atoms with Crippen molar-refractivity contribution in [2.75, 3.05) is 6.54 Å². The van der Waals surface area contributed by atoms with Gasteiger partial charge in [0.25, 0.3) is 5.91 Å². The molecule has 0 heterocycles. The number of ether oxygens (including phenoxy) is 1. The lowest BCUT2D eigenvalue weighted by atomic mass is 10.2. The van der Waals surface area contributed by atoms with Gasteiger partial charge in [0, 0.05) is 12.1 Å². The van der Waals surface area contributed by atoms with Gasteiger partial charge in [0.15, 0.2) is 5.11 Å². The van der Waals surface area contributed by atoms with Crippen molar-refractivity contribution in [1.82, 2.24) is 16.1 Å². The molecule has 3 N–H and O–H groups in total. The molecule has 1 atom stereocenters. The van der Waals surface area contributed by atoms with Gasteiger partial charge in [-0.2, -0.15) is 5.10 Å². The lowest BCUT2D eigenvalue weighted by Crippen LogP contribution is -2.47. The van der Waals surface area contributed by atoms with E-state index in [0.29, 0.717) is 23.0 Å². The second-order valence-electron chi connectivity index (χ2n) is 5.82. The number of nitrogens with zero attached hydrogens (tertiary/aromatic N) is 1. The Kier molecular flexibility index (Phi) is 9.39. The Hall–Kier alpha value is -2.32. The van der Waals surface area contributed by atoms with E-state index in [1.807, 2.05) is 0 Å². The third-order valence-corrected chi connectivity index (χ3v) is 4.35. The minimum Gasteiger partial charge on any atom is -0.466 e. The standard InChI is InChI=1S/C20H19Cl3N4O2S/c1-2-12-24-19(30)27-25-13-14-8-10-16(11-9-14)29-18(20(21,22)23)26-17(28)15-6-4-3-5-7-15/h2-11,13,18H,1,12H2,(H,26,28)(H2,24,27,30). The molecule has 10 heteroatoms. The molecule has 0 spiro atoms. The summed E-state index contributed by atoms with van der Waals surface area (Å²) in [6.45, 7) is 4.13. The molecule has 6 nitrogen and oxygen atoms in total. The number of carbonyl (C=O) groups is 1. The fraction of sp³-hybridized carbons (Fsp3) is 0.150. The normalized spacial score (nSPS) is 12.1. The van der Waals surface area contributed by atoms with E-state index in [1.54, 1.807) is 66.9 Å². The lowest BCUT2D eigenvalue weighted by Gasteiger charge is -2.26. The van der Waals surface area contributed by atoms with Crippen LogP contribution in [0.15, 0.2) is 72.4 Å². The number of amides is 1. The molecule has 2 rings (SSSR count). The molecule has 0 bridgehead atoms. The van der Waals surface area contributed by atoms with Crippen molar-refractivity contribution in [3.63, 3.8) is 0 Å². The van der Waals surface area contributed by atoms with Crippen molar-refractivity contribution >= 4 is 64.3 Å². The van der Waals surface area contributed by atoms with Crippen LogP contribution in [0.1, 0.15) is 15.9 Å². The fourth-order valence-electron chi connectivity index (χ4n) is 2.11. The van der Waals surface area contributed by atoms with E-state index < -0.39 is 15.9 Å². The number of hydrazone groups is 1. The van der Waals surface area contributed by atoms with Crippen molar-refractivity contribution in [2.24, 2.45) is 5.10 Å². The topological polar surface area (TPSA) is 74.8 Å². The Morgan fingerprint density at radius 3 is 2.43 bits per heavy atom. The molecule has 0 radical (unpaired) electrons. The quantitative estimate of drug-likeness (QED) is 0.131. The molecule has 1 amide bonds. The number of thiocarbonyl (C=S) groups is 1. The summed E-state index contributed by atoms with van der Waals surface area (Å²) in [5.41, 5.74) is 3.88. The number of hydrogen-bond acceptors (Lipinski definition) is 4. The van der Waals surface area contributed by atoms with Gasteiger partial charge in [-0.25, -0.2) is 0 Å². The highest BCUT2D eigenvalue weighted by atomic mass is 35.6. The number of carbonyl (C=O) groups excluding carboxylic acids is 1. The third-order valence-electron chi connectivity index (χ3n) is 3.52. The molecule has 0 aliphatic carbocycles. The molecule has 1 unspecified atom stereocenters. The molecule has 2 aromatic carbocycles. The van der Waals surface area contributed by atoms with E-state index in [0.717, 1.165) is 5.56 Å². The van der Waals surface area contributed by atoms with Crippen LogP contribution >= 0.6 is 47.0 Å². The average molecular weight is 486 g/mol. The molecule has 2 aromatic rings. The highest BCUT2D eigenvalue weighted by Gasteiger charge is 2.36. The Labute approximate surface area is 195 Å². The minimum absolute atomic E-state index is 0.380. The smallest absolute Gasteiger partial charge is 0.254 e. The zero-order chi connectivity index (χ0) is 22.0. The molecular formula is C20H19Cl3N4O2S. The van der Waals surface area contributed by atoms with Crippen molar-refractivity contribution in [3.05, 3.63) is 78.4 Å². The first-order valence-corrected chi connectivity index (χ1v) is 10.2. The molecule has 0 aromatic heterocycles. The predicted molar refractivity (Wildman–Crippen MR) is 127 cm³/mol. The van der Waals surface area contributed by atoms with E-state index >= 15 is 0 Å². The molecule has 0 saturated carbocycles. The third kappa shape index (κ3) is 8.20. The second-order valence-corrected chi connectivity index (χ2v) is 8.59. The van der Waals surface area contributed by atoms with E-state index in [-0.39, 0.29) is 0 Å². The summed E-state index contributed by atoms with van der Waals surface area (Å²) in [5, 5.41) is 9.87. The van der Waals surface area contributed by atoms with Gasteiger partial charge in [-0.3, -0.25) is 10.2 Å².